The molecular weight excluding hydrogens is 351 g/mol. The molecule has 0 radical (unpaired) electrons. The van der Waals surface area contributed by atoms with Crippen molar-refractivity contribution in [2.45, 2.75) is 77.0 Å². The first-order valence-corrected chi connectivity index (χ1v) is 10.2. The summed E-state index contributed by atoms with van der Waals surface area (Å²) in [7, 11) is 0. The molecule has 5 heteroatoms. The van der Waals surface area contributed by atoms with Crippen molar-refractivity contribution in [3.63, 3.8) is 0 Å². The number of halogens is 3. The van der Waals surface area contributed by atoms with Gasteiger partial charge in [0.2, 0.25) is 11.5 Å². The standard InChI is InChI=1S/C22H28F3NO/c1-3-4-13-5-7-14(8-6-13)15-9-11-16(12-10-15)17-21(26-2)19(24)18(23)20(25)22(17)27/h13-16,27H,3-12H2,1H3. The van der Waals surface area contributed by atoms with Crippen molar-refractivity contribution in [3.05, 3.63) is 34.4 Å². The highest BCUT2D eigenvalue weighted by molar-refractivity contribution is 5.61. The van der Waals surface area contributed by atoms with Gasteiger partial charge in [-0.3, -0.25) is 0 Å². The van der Waals surface area contributed by atoms with Crippen molar-refractivity contribution in [1.82, 2.24) is 0 Å². The lowest BCUT2D eigenvalue weighted by molar-refractivity contribution is 0.156. The Balaban J connectivity index is 1.68. The van der Waals surface area contributed by atoms with E-state index in [4.69, 9.17) is 6.57 Å². The second-order valence-electron chi connectivity index (χ2n) is 8.35. The number of benzene rings is 1. The van der Waals surface area contributed by atoms with E-state index in [9.17, 15) is 18.3 Å². The monoisotopic (exact) mass is 379 g/mol. The molecule has 2 aliphatic rings. The third kappa shape index (κ3) is 3.95. The summed E-state index contributed by atoms with van der Waals surface area (Å²) in [5, 5.41) is 10.0. The van der Waals surface area contributed by atoms with E-state index < -0.39 is 28.9 Å². The summed E-state index contributed by atoms with van der Waals surface area (Å²) in [5.74, 6) is -3.80. The molecule has 0 amide bonds. The lowest BCUT2D eigenvalue weighted by atomic mass is 9.67. The second kappa shape index (κ2) is 8.54. The van der Waals surface area contributed by atoms with Crippen molar-refractivity contribution >= 4 is 5.69 Å². The van der Waals surface area contributed by atoms with Gasteiger partial charge in [0.25, 0.3) is 0 Å². The summed E-state index contributed by atoms with van der Waals surface area (Å²) in [4.78, 5) is 3.05. The quantitative estimate of drug-likeness (QED) is 0.433. The van der Waals surface area contributed by atoms with Crippen LogP contribution in [-0.4, -0.2) is 5.11 Å². The van der Waals surface area contributed by atoms with Crippen LogP contribution in [0.4, 0.5) is 18.9 Å². The van der Waals surface area contributed by atoms with Gasteiger partial charge in [0.1, 0.15) is 5.75 Å². The van der Waals surface area contributed by atoms with Gasteiger partial charge in [-0.2, -0.15) is 4.39 Å². The normalized spacial score (nSPS) is 28.7. The number of rotatable bonds is 4. The molecule has 2 aliphatic carbocycles. The van der Waals surface area contributed by atoms with Gasteiger partial charge in [0.05, 0.1) is 6.57 Å². The number of hydrogen-bond acceptors (Lipinski definition) is 1. The highest BCUT2D eigenvalue weighted by atomic mass is 19.2. The fourth-order valence-electron chi connectivity index (χ4n) is 5.38. The average Bonchev–Trinajstić information content (AvgIpc) is 2.70. The molecule has 1 N–H and O–H groups in total. The maximum Gasteiger partial charge on any atom is 0.232 e. The van der Waals surface area contributed by atoms with Gasteiger partial charge in [-0.15, -0.1) is 0 Å². The molecule has 27 heavy (non-hydrogen) atoms. The SMILES string of the molecule is [C-]#[N+]c1c(F)c(F)c(F)c(O)c1C1CCC(C2CCC(CCC)CC2)CC1. The maximum absolute atomic E-state index is 14.0. The molecule has 2 saturated carbocycles. The van der Waals surface area contributed by atoms with Gasteiger partial charge in [0.15, 0.2) is 11.6 Å². The van der Waals surface area contributed by atoms with Crippen molar-refractivity contribution in [2.24, 2.45) is 17.8 Å². The minimum absolute atomic E-state index is 0.0356. The lowest BCUT2D eigenvalue weighted by Crippen LogP contribution is -2.25. The molecule has 0 spiro atoms. The first-order chi connectivity index (χ1) is 13.0. The van der Waals surface area contributed by atoms with E-state index in [1.165, 1.54) is 38.5 Å². The molecule has 0 aromatic heterocycles. The predicted molar refractivity (Wildman–Crippen MR) is 99.3 cm³/mol. The van der Waals surface area contributed by atoms with E-state index in [1.807, 2.05) is 0 Å². The Kier molecular flexibility index (Phi) is 6.34. The fraction of sp³-hybridized carbons (Fsp3) is 0.682. The number of nitrogens with zero attached hydrogens (tertiary/aromatic N) is 1. The zero-order chi connectivity index (χ0) is 19.6. The third-order valence-corrected chi connectivity index (χ3v) is 6.86. The first kappa shape index (κ1) is 20.0. The van der Waals surface area contributed by atoms with Crippen LogP contribution in [0.2, 0.25) is 0 Å². The highest BCUT2D eigenvalue weighted by Gasteiger charge is 2.35. The fourth-order valence-corrected chi connectivity index (χ4v) is 5.38. The molecule has 2 nitrogen and oxygen atoms in total. The Morgan fingerprint density at radius 3 is 1.96 bits per heavy atom. The highest BCUT2D eigenvalue weighted by Crippen LogP contribution is 2.49. The van der Waals surface area contributed by atoms with E-state index in [2.05, 4.69) is 11.8 Å². The molecule has 0 bridgehead atoms. The molecule has 0 heterocycles. The predicted octanol–water partition coefficient (Wildman–Crippen LogP) is 7.24. The topological polar surface area (TPSA) is 24.6 Å². The maximum atomic E-state index is 14.0. The Labute approximate surface area is 159 Å². The van der Waals surface area contributed by atoms with Crippen LogP contribution in [0.25, 0.3) is 4.85 Å². The van der Waals surface area contributed by atoms with Crippen molar-refractivity contribution < 1.29 is 18.3 Å². The molecule has 3 rings (SSSR count). The van der Waals surface area contributed by atoms with E-state index in [-0.39, 0.29) is 11.5 Å². The van der Waals surface area contributed by atoms with Gasteiger partial charge >= 0.3 is 0 Å². The van der Waals surface area contributed by atoms with Gasteiger partial charge in [-0.05, 0) is 62.2 Å². The minimum atomic E-state index is -1.76. The molecule has 0 unspecified atom stereocenters. The summed E-state index contributed by atoms with van der Waals surface area (Å²) >= 11 is 0. The first-order valence-electron chi connectivity index (χ1n) is 10.2. The zero-order valence-electron chi connectivity index (χ0n) is 15.9. The van der Waals surface area contributed by atoms with Crippen LogP contribution < -0.4 is 0 Å². The van der Waals surface area contributed by atoms with Gasteiger partial charge in [-0.1, -0.05) is 32.6 Å². The van der Waals surface area contributed by atoms with Crippen LogP contribution in [0, 0.1) is 41.8 Å². The Bertz CT molecular complexity index is 711. The summed E-state index contributed by atoms with van der Waals surface area (Å²) < 4.78 is 41.3. The molecule has 0 atom stereocenters. The smallest absolute Gasteiger partial charge is 0.232 e. The van der Waals surface area contributed by atoms with Crippen LogP contribution in [0.15, 0.2) is 0 Å². The summed E-state index contributed by atoms with van der Waals surface area (Å²) in [6.45, 7) is 9.38. The van der Waals surface area contributed by atoms with E-state index in [1.54, 1.807) is 0 Å². The van der Waals surface area contributed by atoms with Crippen molar-refractivity contribution in [2.75, 3.05) is 0 Å². The zero-order valence-corrected chi connectivity index (χ0v) is 15.9. The third-order valence-electron chi connectivity index (χ3n) is 6.86. The van der Waals surface area contributed by atoms with E-state index in [0.29, 0.717) is 18.8 Å². The number of hydrogen-bond donors (Lipinski definition) is 1. The number of phenols is 1. The minimum Gasteiger partial charge on any atom is -0.506 e. The van der Waals surface area contributed by atoms with Gasteiger partial charge in [0, 0.05) is 5.56 Å². The van der Waals surface area contributed by atoms with Crippen LogP contribution in [0.5, 0.6) is 5.75 Å². The Morgan fingerprint density at radius 2 is 1.44 bits per heavy atom. The Hall–Kier alpha value is -1.70. The van der Waals surface area contributed by atoms with Gasteiger partial charge < -0.3 is 5.11 Å². The summed E-state index contributed by atoms with van der Waals surface area (Å²) in [5.41, 5.74) is -0.596. The molecule has 148 valence electrons. The summed E-state index contributed by atoms with van der Waals surface area (Å²) in [6.07, 6.45) is 10.9. The molecule has 0 aliphatic heterocycles. The molecule has 2 fully saturated rings. The van der Waals surface area contributed by atoms with Crippen LogP contribution in [0.1, 0.15) is 82.6 Å². The number of phenolic OH excluding ortho intramolecular Hbond substituents is 1. The molecular formula is C22H28F3NO. The second-order valence-corrected chi connectivity index (χ2v) is 8.35. The van der Waals surface area contributed by atoms with E-state index in [0.717, 1.165) is 24.7 Å². The van der Waals surface area contributed by atoms with Crippen LogP contribution in [-0.2, 0) is 0 Å². The van der Waals surface area contributed by atoms with Crippen molar-refractivity contribution in [1.29, 1.82) is 0 Å². The van der Waals surface area contributed by atoms with Crippen molar-refractivity contribution in [3.8, 4) is 5.75 Å². The summed E-state index contributed by atoms with van der Waals surface area (Å²) in [6, 6.07) is 0. The van der Waals surface area contributed by atoms with Crippen LogP contribution >= 0.6 is 0 Å². The van der Waals surface area contributed by atoms with E-state index >= 15 is 0 Å². The largest absolute Gasteiger partial charge is 0.506 e. The molecule has 1 aromatic rings. The molecule has 1 aromatic carbocycles. The van der Waals surface area contributed by atoms with Gasteiger partial charge in [-0.25, -0.2) is 13.6 Å². The number of aromatic hydroxyl groups is 1. The average molecular weight is 379 g/mol. The van der Waals surface area contributed by atoms with Crippen LogP contribution in [0.3, 0.4) is 0 Å². The molecule has 0 saturated heterocycles. The Morgan fingerprint density at radius 1 is 0.889 bits per heavy atom. The lowest BCUT2D eigenvalue weighted by Gasteiger charge is -2.38.